The molecule has 4 amide bonds. The molecule has 0 saturated heterocycles. The van der Waals surface area contributed by atoms with E-state index in [1.807, 2.05) is 126 Å². The Bertz CT molecular complexity index is 2600. The van der Waals surface area contributed by atoms with Crippen LogP contribution in [0.4, 0.5) is 9.59 Å². The maximum Gasteiger partial charge on any atom is 0.410 e. The summed E-state index contributed by atoms with van der Waals surface area (Å²) in [7, 11) is 0. The van der Waals surface area contributed by atoms with Crippen LogP contribution in [0.5, 0.6) is 0 Å². The zero-order valence-electron chi connectivity index (χ0n) is 42.9. The van der Waals surface area contributed by atoms with Gasteiger partial charge in [0, 0.05) is 25.2 Å². The van der Waals surface area contributed by atoms with E-state index in [0.29, 0.717) is 56.3 Å². The number of nitrogens with one attached hydrogen (secondary N) is 3. The molecule has 5 aromatic rings. The van der Waals surface area contributed by atoms with Gasteiger partial charge in [-0.2, -0.15) is 5.10 Å². The summed E-state index contributed by atoms with van der Waals surface area (Å²) in [5.74, 6) is -0.269. The van der Waals surface area contributed by atoms with Gasteiger partial charge in [-0.1, -0.05) is 121 Å². The average molecular weight is 1020 g/mol. The topological polar surface area (TPSA) is 240 Å². The summed E-state index contributed by atoms with van der Waals surface area (Å²) in [6.07, 6.45) is 1.40. The van der Waals surface area contributed by atoms with Gasteiger partial charge < -0.3 is 44.6 Å². The minimum atomic E-state index is -1.07. The van der Waals surface area contributed by atoms with E-state index in [1.54, 1.807) is 39.5 Å². The monoisotopic (exact) mass is 1020 g/mol. The Balaban J connectivity index is 0.000000241. The van der Waals surface area contributed by atoms with Gasteiger partial charge in [-0.25, -0.2) is 15.0 Å². The molecule has 1 unspecified atom stereocenters. The number of carbonyl (C=O) groups is 5. The number of aromatic nitrogens is 3. The number of nitrogens with zero attached hydrogens (tertiary/aromatic N) is 5. The van der Waals surface area contributed by atoms with Crippen LogP contribution in [-0.2, 0) is 77.6 Å². The van der Waals surface area contributed by atoms with Crippen molar-refractivity contribution in [3.63, 3.8) is 0 Å². The molecule has 2 aliphatic rings. The van der Waals surface area contributed by atoms with E-state index in [-0.39, 0.29) is 57.4 Å². The molecule has 394 valence electrons. The first-order valence-corrected chi connectivity index (χ1v) is 24.8. The van der Waals surface area contributed by atoms with Gasteiger partial charge >= 0.3 is 18.2 Å². The van der Waals surface area contributed by atoms with Gasteiger partial charge in [0.15, 0.2) is 11.6 Å². The molecule has 19 nitrogen and oxygen atoms in total. The lowest BCUT2D eigenvalue weighted by molar-refractivity contribution is -0.150. The van der Waals surface area contributed by atoms with Crippen LogP contribution in [0, 0.1) is 5.92 Å². The van der Waals surface area contributed by atoms with Crippen LogP contribution in [0.25, 0.3) is 0 Å². The molecule has 2 heterocycles. The number of amides is 4. The van der Waals surface area contributed by atoms with E-state index >= 15 is 0 Å². The highest BCUT2D eigenvalue weighted by atomic mass is 16.6. The number of alkyl carbamates (subject to hydrolysis) is 1. The van der Waals surface area contributed by atoms with Crippen molar-refractivity contribution in [3.05, 3.63) is 155 Å². The van der Waals surface area contributed by atoms with Crippen molar-refractivity contribution in [2.45, 2.75) is 123 Å². The first-order valence-electron chi connectivity index (χ1n) is 24.8. The van der Waals surface area contributed by atoms with Crippen LogP contribution < -0.4 is 21.8 Å². The molecule has 5 N–H and O–H groups in total. The van der Waals surface area contributed by atoms with Crippen LogP contribution >= 0.6 is 0 Å². The highest BCUT2D eigenvalue weighted by molar-refractivity contribution is 5.92. The molecule has 1 saturated carbocycles. The van der Waals surface area contributed by atoms with Gasteiger partial charge in [0.25, 0.3) is 5.91 Å². The number of ether oxygens (including phenoxy) is 5. The predicted octanol–water partition coefficient (Wildman–Crippen LogP) is 7.04. The van der Waals surface area contributed by atoms with E-state index in [1.165, 1.54) is 0 Å². The maximum absolute atomic E-state index is 12.9. The van der Waals surface area contributed by atoms with Crippen LogP contribution in [0.1, 0.15) is 100 Å². The average Bonchev–Trinajstić information content (AvgIpc) is 3.82. The number of rotatable bonds is 19. The number of hydrazone groups is 1. The molecular formula is C55H69N9O10. The first-order chi connectivity index (χ1) is 35.5. The van der Waals surface area contributed by atoms with Crippen molar-refractivity contribution < 1.29 is 47.7 Å². The fraction of sp³-hybridized carbons (Fsp3) is 0.418. The smallest absolute Gasteiger partial charge is 0.410 e. The van der Waals surface area contributed by atoms with E-state index in [4.69, 9.17) is 29.4 Å². The first kappa shape index (κ1) is 55.8. The summed E-state index contributed by atoms with van der Waals surface area (Å²) in [6, 6.07) is 36.8. The molecule has 3 atom stereocenters. The molecule has 19 heteroatoms. The van der Waals surface area contributed by atoms with Gasteiger partial charge in [0.05, 0.1) is 44.4 Å². The molecule has 4 aromatic carbocycles. The summed E-state index contributed by atoms with van der Waals surface area (Å²) in [6.45, 7) is 10.9. The molecule has 1 fully saturated rings. The fourth-order valence-electron chi connectivity index (χ4n) is 7.70. The summed E-state index contributed by atoms with van der Waals surface area (Å²) in [5, 5.41) is 18.4. The second-order valence-corrected chi connectivity index (χ2v) is 19.6. The van der Waals surface area contributed by atoms with Crippen molar-refractivity contribution in [2.75, 3.05) is 19.8 Å². The second-order valence-electron chi connectivity index (χ2n) is 19.6. The third kappa shape index (κ3) is 18.5. The number of fused-ring (bicyclic) bond motifs is 1. The number of benzene rings is 4. The van der Waals surface area contributed by atoms with Crippen molar-refractivity contribution >= 4 is 35.7 Å². The zero-order chi connectivity index (χ0) is 52.9. The highest BCUT2D eigenvalue weighted by Gasteiger charge is 2.33. The van der Waals surface area contributed by atoms with Gasteiger partial charge in [-0.15, -0.1) is 10.2 Å². The van der Waals surface area contributed by atoms with E-state index in [9.17, 15) is 24.0 Å². The van der Waals surface area contributed by atoms with Crippen molar-refractivity contribution in [1.82, 2.24) is 35.7 Å². The number of nitrogens with two attached hydrogens (primary N) is 1. The number of carbonyl (C=O) groups excluding carboxylic acids is 5. The normalized spacial score (nSPS) is 15.8. The summed E-state index contributed by atoms with van der Waals surface area (Å²) in [4.78, 5) is 64.8. The Morgan fingerprint density at radius 2 is 1.24 bits per heavy atom. The van der Waals surface area contributed by atoms with Crippen molar-refractivity contribution in [3.8, 4) is 0 Å². The second kappa shape index (κ2) is 27.5. The standard InChI is InChI=1S/C29H37N3O6.C26H32N6O4/c1-29(2,3)38-28(35)30-25(20-36-18-21-11-6-4-7-12-21)26(33)32-31-24-16-10-15-23(17-24)27(34)37-19-22-13-8-5-9-14-22;1-26(2,27)24(33)28-21(18-35-16-19-9-5-3-6-10-19)23-30-29-22-15-31(13-14-32(22)23)25(34)36-17-20-11-7-4-8-12-20/h4-9,11-14,23,25H,10,15-20H2,1-3H3,(H,30,35)(H,32,33);3-12,21H,13-18,27H2,1-2H3,(H,28,33)/b31-24+;/t23?,25-;21-/m11/s1. The van der Waals surface area contributed by atoms with E-state index < -0.39 is 41.3 Å². The lowest BCUT2D eigenvalue weighted by Gasteiger charge is -2.29. The highest BCUT2D eigenvalue weighted by Crippen LogP contribution is 2.24. The molecular weight excluding hydrogens is 947 g/mol. The third-order valence-corrected chi connectivity index (χ3v) is 11.6. The van der Waals surface area contributed by atoms with Crippen LogP contribution in [0.3, 0.4) is 0 Å². The summed E-state index contributed by atoms with van der Waals surface area (Å²) < 4.78 is 29.8. The molecule has 7 rings (SSSR count). The van der Waals surface area contributed by atoms with Gasteiger partial charge in [-0.05, 0) is 76.1 Å². The molecule has 1 aromatic heterocycles. The molecule has 1 aliphatic heterocycles. The Labute approximate surface area is 432 Å². The largest absolute Gasteiger partial charge is 0.461 e. The van der Waals surface area contributed by atoms with Crippen molar-refractivity contribution in [1.29, 1.82) is 0 Å². The lowest BCUT2D eigenvalue weighted by Crippen LogP contribution is -2.51. The molecule has 1 aliphatic carbocycles. The van der Waals surface area contributed by atoms with Gasteiger partial charge in [0.1, 0.15) is 30.9 Å². The van der Waals surface area contributed by atoms with Crippen molar-refractivity contribution in [2.24, 2.45) is 16.8 Å². The SMILES string of the molecule is CC(C)(C)OC(=O)N[C@H](COCc1ccccc1)C(=O)N/N=C1\CCCC(C(=O)OCc2ccccc2)C1.CC(C)(N)C(=O)N[C@H](COCc1ccccc1)c1nnc2n1CCN(C(=O)OCc1ccccc1)C2. The molecule has 0 spiro atoms. The van der Waals surface area contributed by atoms with Gasteiger partial charge in [-0.3, -0.25) is 19.3 Å². The lowest BCUT2D eigenvalue weighted by atomic mass is 9.88. The maximum atomic E-state index is 12.9. The van der Waals surface area contributed by atoms with Crippen LogP contribution in [0.2, 0.25) is 0 Å². The predicted molar refractivity (Wildman–Crippen MR) is 275 cm³/mol. The number of hydrogen-bond donors (Lipinski definition) is 4. The fourth-order valence-corrected chi connectivity index (χ4v) is 7.70. The Kier molecular flexibility index (Phi) is 20.8. The van der Waals surface area contributed by atoms with Crippen LogP contribution in [-0.4, -0.2) is 92.3 Å². The minimum Gasteiger partial charge on any atom is -0.461 e. The number of esters is 1. The summed E-state index contributed by atoms with van der Waals surface area (Å²) in [5.41, 5.74) is 11.3. The van der Waals surface area contributed by atoms with E-state index in [0.717, 1.165) is 28.7 Å². The Morgan fingerprint density at radius 3 is 1.80 bits per heavy atom. The molecule has 74 heavy (non-hydrogen) atoms. The zero-order valence-corrected chi connectivity index (χ0v) is 42.9. The van der Waals surface area contributed by atoms with Crippen LogP contribution in [0.15, 0.2) is 126 Å². The summed E-state index contributed by atoms with van der Waals surface area (Å²) >= 11 is 0. The minimum absolute atomic E-state index is 0.0702. The third-order valence-electron chi connectivity index (χ3n) is 11.6. The molecule has 0 bridgehead atoms. The Hall–Kier alpha value is -7.48. The Morgan fingerprint density at radius 1 is 0.703 bits per heavy atom. The molecule has 0 radical (unpaired) electrons. The van der Waals surface area contributed by atoms with E-state index in [2.05, 4.69) is 31.4 Å². The quantitative estimate of drug-likeness (QED) is 0.0369. The number of hydrogen-bond acceptors (Lipinski definition) is 14. The van der Waals surface area contributed by atoms with Gasteiger partial charge in [0.2, 0.25) is 5.91 Å².